The molecule has 25 heavy (non-hydrogen) atoms. The van der Waals surface area contributed by atoms with Crippen molar-refractivity contribution in [1.29, 1.82) is 0 Å². The number of amides is 1. The highest BCUT2D eigenvalue weighted by atomic mass is 16.5. The summed E-state index contributed by atoms with van der Waals surface area (Å²) in [5.74, 6) is -0.443. The van der Waals surface area contributed by atoms with E-state index in [1.54, 1.807) is 42.5 Å². The number of methoxy groups -OCH3 is 1. The molecule has 0 fully saturated rings. The average molecular weight is 342 g/mol. The van der Waals surface area contributed by atoms with E-state index in [4.69, 9.17) is 9.47 Å². The zero-order valence-corrected chi connectivity index (χ0v) is 14.8. The molecule has 2 aromatic carbocycles. The Hall–Kier alpha value is -3.02. The van der Waals surface area contributed by atoms with Gasteiger partial charge in [-0.3, -0.25) is 4.79 Å². The van der Waals surface area contributed by atoms with Gasteiger partial charge in [0.1, 0.15) is 5.75 Å². The zero-order valence-electron chi connectivity index (χ0n) is 14.8. The third kappa shape index (κ3) is 4.73. The number of anilines is 2. The molecule has 2 aromatic rings. The predicted octanol–water partition coefficient (Wildman–Crippen LogP) is 2.95. The quantitative estimate of drug-likeness (QED) is 0.818. The molecule has 0 aromatic heterocycles. The van der Waals surface area contributed by atoms with E-state index in [2.05, 4.69) is 5.32 Å². The number of ether oxygens (including phenoxy) is 2. The number of carbonyl (C=O) groups is 2. The molecule has 0 saturated heterocycles. The summed E-state index contributed by atoms with van der Waals surface area (Å²) >= 11 is 0. The molecule has 0 aliphatic rings. The first-order chi connectivity index (χ1) is 11.9. The standard InChI is InChI=1S/C19H22N2O4/c1-13(18(22)20-16-10-5-6-11-17(16)24-4)25-19(23)14-8-7-9-15(12-14)21(2)3/h5-13H,1-4H3,(H,20,22). The van der Waals surface area contributed by atoms with Crippen molar-refractivity contribution >= 4 is 23.3 Å². The van der Waals surface area contributed by atoms with Crippen LogP contribution in [-0.2, 0) is 9.53 Å². The number of rotatable bonds is 6. The Morgan fingerprint density at radius 1 is 1.08 bits per heavy atom. The molecule has 0 aliphatic heterocycles. The second kappa shape index (κ2) is 8.19. The first-order valence-corrected chi connectivity index (χ1v) is 7.84. The Morgan fingerprint density at radius 3 is 2.48 bits per heavy atom. The highest BCUT2D eigenvalue weighted by molar-refractivity contribution is 5.98. The van der Waals surface area contributed by atoms with E-state index in [1.807, 2.05) is 25.1 Å². The van der Waals surface area contributed by atoms with Crippen LogP contribution in [0.5, 0.6) is 5.75 Å². The van der Waals surface area contributed by atoms with Gasteiger partial charge in [0.25, 0.3) is 5.91 Å². The maximum atomic E-state index is 12.3. The number of benzene rings is 2. The smallest absolute Gasteiger partial charge is 0.338 e. The largest absolute Gasteiger partial charge is 0.495 e. The molecule has 1 N–H and O–H groups in total. The van der Waals surface area contributed by atoms with Crippen molar-refractivity contribution in [1.82, 2.24) is 0 Å². The number of hydrogen-bond donors (Lipinski definition) is 1. The van der Waals surface area contributed by atoms with Gasteiger partial charge in [0.05, 0.1) is 18.4 Å². The van der Waals surface area contributed by atoms with Crippen LogP contribution in [0.4, 0.5) is 11.4 Å². The molecular weight excluding hydrogens is 320 g/mol. The average Bonchev–Trinajstić information content (AvgIpc) is 2.62. The molecular formula is C19H22N2O4. The van der Waals surface area contributed by atoms with E-state index >= 15 is 0 Å². The fraction of sp³-hybridized carbons (Fsp3) is 0.263. The Labute approximate surface area is 147 Å². The van der Waals surface area contributed by atoms with Crippen molar-refractivity contribution in [2.75, 3.05) is 31.4 Å². The molecule has 0 aliphatic carbocycles. The summed E-state index contributed by atoms with van der Waals surface area (Å²) in [5.41, 5.74) is 1.79. The van der Waals surface area contributed by atoms with Crippen LogP contribution in [0.15, 0.2) is 48.5 Å². The van der Waals surface area contributed by atoms with Crippen molar-refractivity contribution < 1.29 is 19.1 Å². The molecule has 132 valence electrons. The Bertz CT molecular complexity index is 759. The maximum Gasteiger partial charge on any atom is 0.338 e. The normalized spacial score (nSPS) is 11.4. The fourth-order valence-corrected chi connectivity index (χ4v) is 2.18. The van der Waals surface area contributed by atoms with Crippen LogP contribution in [0.3, 0.4) is 0 Å². The lowest BCUT2D eigenvalue weighted by atomic mass is 10.2. The Morgan fingerprint density at radius 2 is 1.80 bits per heavy atom. The van der Waals surface area contributed by atoms with E-state index in [1.165, 1.54) is 14.0 Å². The van der Waals surface area contributed by atoms with Crippen LogP contribution < -0.4 is 15.0 Å². The number of esters is 1. The number of nitrogens with one attached hydrogen (secondary N) is 1. The zero-order chi connectivity index (χ0) is 18.4. The van der Waals surface area contributed by atoms with Crippen molar-refractivity contribution in [3.8, 4) is 5.75 Å². The van der Waals surface area contributed by atoms with Crippen molar-refractivity contribution in [3.05, 3.63) is 54.1 Å². The van der Waals surface area contributed by atoms with Gasteiger partial charge in [0.15, 0.2) is 6.10 Å². The minimum absolute atomic E-state index is 0.392. The van der Waals surface area contributed by atoms with E-state index in [0.29, 0.717) is 17.0 Å². The summed E-state index contributed by atoms with van der Waals surface area (Å²) in [6.45, 7) is 1.53. The minimum Gasteiger partial charge on any atom is -0.495 e. The number of hydrogen-bond acceptors (Lipinski definition) is 5. The molecule has 6 heteroatoms. The molecule has 1 unspecified atom stereocenters. The highest BCUT2D eigenvalue weighted by Gasteiger charge is 2.20. The highest BCUT2D eigenvalue weighted by Crippen LogP contribution is 2.23. The lowest BCUT2D eigenvalue weighted by Gasteiger charge is -2.16. The lowest BCUT2D eigenvalue weighted by molar-refractivity contribution is -0.123. The Balaban J connectivity index is 2.03. The van der Waals surface area contributed by atoms with Gasteiger partial charge in [-0.1, -0.05) is 18.2 Å². The van der Waals surface area contributed by atoms with Crippen molar-refractivity contribution in [2.45, 2.75) is 13.0 Å². The molecule has 6 nitrogen and oxygen atoms in total. The van der Waals surface area contributed by atoms with Gasteiger partial charge in [-0.25, -0.2) is 4.79 Å². The second-order valence-corrected chi connectivity index (χ2v) is 5.68. The van der Waals surface area contributed by atoms with Gasteiger partial charge >= 0.3 is 5.97 Å². The molecule has 1 amide bonds. The van der Waals surface area contributed by atoms with E-state index in [0.717, 1.165) is 5.69 Å². The molecule has 1 atom stereocenters. The number of nitrogens with zero attached hydrogens (tertiary/aromatic N) is 1. The van der Waals surface area contributed by atoms with E-state index < -0.39 is 18.0 Å². The first-order valence-electron chi connectivity index (χ1n) is 7.84. The lowest BCUT2D eigenvalue weighted by Crippen LogP contribution is -2.30. The van der Waals surface area contributed by atoms with Crippen LogP contribution in [0.2, 0.25) is 0 Å². The van der Waals surface area contributed by atoms with Crippen LogP contribution >= 0.6 is 0 Å². The summed E-state index contributed by atoms with van der Waals surface area (Å²) in [5, 5.41) is 2.70. The van der Waals surface area contributed by atoms with E-state index in [-0.39, 0.29) is 0 Å². The predicted molar refractivity (Wildman–Crippen MR) is 97.3 cm³/mol. The summed E-state index contributed by atoms with van der Waals surface area (Å²) in [4.78, 5) is 26.4. The van der Waals surface area contributed by atoms with Crippen LogP contribution in [0.1, 0.15) is 17.3 Å². The third-order valence-corrected chi connectivity index (χ3v) is 3.62. The van der Waals surface area contributed by atoms with Crippen molar-refractivity contribution in [3.63, 3.8) is 0 Å². The van der Waals surface area contributed by atoms with Crippen LogP contribution in [0, 0.1) is 0 Å². The molecule has 0 bridgehead atoms. The molecule has 0 radical (unpaired) electrons. The van der Waals surface area contributed by atoms with Gasteiger partial charge in [0, 0.05) is 19.8 Å². The first kappa shape index (κ1) is 18.3. The third-order valence-electron chi connectivity index (χ3n) is 3.62. The summed E-state index contributed by atoms with van der Waals surface area (Å²) in [6.07, 6.45) is -0.944. The summed E-state index contributed by atoms with van der Waals surface area (Å²) in [6, 6.07) is 14.1. The van der Waals surface area contributed by atoms with Crippen LogP contribution in [-0.4, -0.2) is 39.2 Å². The van der Waals surface area contributed by atoms with Gasteiger partial charge in [-0.2, -0.15) is 0 Å². The Kier molecular flexibility index (Phi) is 6.00. The fourth-order valence-electron chi connectivity index (χ4n) is 2.18. The maximum absolute atomic E-state index is 12.3. The SMILES string of the molecule is COc1ccccc1NC(=O)C(C)OC(=O)c1cccc(N(C)C)c1. The molecule has 0 spiro atoms. The van der Waals surface area contributed by atoms with Gasteiger partial charge in [0.2, 0.25) is 0 Å². The number of carbonyl (C=O) groups excluding carboxylic acids is 2. The molecule has 0 saturated carbocycles. The van der Waals surface area contributed by atoms with Gasteiger partial charge in [-0.15, -0.1) is 0 Å². The second-order valence-electron chi connectivity index (χ2n) is 5.68. The van der Waals surface area contributed by atoms with Gasteiger partial charge < -0.3 is 19.7 Å². The van der Waals surface area contributed by atoms with Crippen molar-refractivity contribution in [2.24, 2.45) is 0 Å². The number of para-hydroxylation sites is 2. The minimum atomic E-state index is -0.944. The molecule has 0 heterocycles. The monoisotopic (exact) mass is 342 g/mol. The van der Waals surface area contributed by atoms with Gasteiger partial charge in [-0.05, 0) is 37.3 Å². The van der Waals surface area contributed by atoms with Crippen LogP contribution in [0.25, 0.3) is 0 Å². The summed E-state index contributed by atoms with van der Waals surface area (Å²) < 4.78 is 10.5. The topological polar surface area (TPSA) is 67.9 Å². The van der Waals surface area contributed by atoms with E-state index in [9.17, 15) is 9.59 Å². The summed E-state index contributed by atoms with van der Waals surface area (Å²) in [7, 11) is 5.29. The molecule has 2 rings (SSSR count).